The lowest BCUT2D eigenvalue weighted by Gasteiger charge is -2.13. The number of nitrogens with one attached hydrogen (secondary N) is 2. The Balaban J connectivity index is 3.34. The van der Waals surface area contributed by atoms with E-state index in [-0.39, 0.29) is 0 Å². The van der Waals surface area contributed by atoms with Gasteiger partial charge in [-0.25, -0.2) is 8.99 Å². The van der Waals surface area contributed by atoms with Crippen LogP contribution in [-0.4, -0.2) is 17.5 Å². The third-order valence-corrected chi connectivity index (χ3v) is 3.55. The average Bonchev–Trinajstić information content (AvgIpc) is 2.15. The van der Waals surface area contributed by atoms with Gasteiger partial charge in [0.15, 0.2) is 0 Å². The number of hydrogen-bond acceptors (Lipinski definition) is 3. The van der Waals surface area contributed by atoms with Crippen LogP contribution in [-0.2, 0) is 9.73 Å². The van der Waals surface area contributed by atoms with Crippen molar-refractivity contribution in [1.82, 2.24) is 0 Å². The van der Waals surface area contributed by atoms with Crippen LogP contribution in [0.5, 0.6) is 0 Å². The molecule has 0 bridgehead atoms. The van der Waals surface area contributed by atoms with Gasteiger partial charge in [0.05, 0.1) is 20.3 Å². The molecule has 1 aromatic carbocycles. The average molecular weight is 226 g/mol. The zero-order chi connectivity index (χ0) is 11.6. The smallest absolute Gasteiger partial charge is 0.0717 e. The second kappa shape index (κ2) is 4.23. The van der Waals surface area contributed by atoms with E-state index in [4.69, 9.17) is 4.78 Å². The Bertz CT molecular complexity index is 450. The van der Waals surface area contributed by atoms with Crippen molar-refractivity contribution in [3.63, 3.8) is 0 Å². The van der Waals surface area contributed by atoms with E-state index < -0.39 is 9.73 Å². The number of anilines is 1. The molecular formula is C11H18N2OS. The zero-order valence-electron chi connectivity index (χ0n) is 9.63. The Hall–Kier alpha value is -1.03. The molecule has 1 unspecified atom stereocenters. The van der Waals surface area contributed by atoms with Crippen molar-refractivity contribution >= 4 is 15.4 Å². The third-order valence-electron chi connectivity index (χ3n) is 2.36. The van der Waals surface area contributed by atoms with Gasteiger partial charge in [-0.15, -0.1) is 0 Å². The summed E-state index contributed by atoms with van der Waals surface area (Å²) < 4.78 is 19.3. The van der Waals surface area contributed by atoms with E-state index in [0.717, 1.165) is 5.69 Å². The first-order valence-corrected chi connectivity index (χ1v) is 6.88. The summed E-state index contributed by atoms with van der Waals surface area (Å²) in [7, 11) is -0.865. The lowest BCUT2D eigenvalue weighted by Crippen LogP contribution is -2.02. The molecule has 0 aliphatic rings. The van der Waals surface area contributed by atoms with Crippen LogP contribution < -0.4 is 5.32 Å². The van der Waals surface area contributed by atoms with Crippen LogP contribution in [0.2, 0.25) is 0 Å². The Morgan fingerprint density at radius 3 is 2.40 bits per heavy atom. The molecule has 0 heterocycles. The van der Waals surface area contributed by atoms with E-state index in [0.29, 0.717) is 10.8 Å². The van der Waals surface area contributed by atoms with Crippen molar-refractivity contribution in [3.8, 4) is 0 Å². The van der Waals surface area contributed by atoms with Crippen LogP contribution in [0.4, 0.5) is 5.69 Å². The fraction of sp³-hybridized carbons (Fsp3) is 0.455. The second-order valence-corrected chi connectivity index (χ2v) is 6.13. The van der Waals surface area contributed by atoms with E-state index in [1.807, 2.05) is 12.1 Å². The summed E-state index contributed by atoms with van der Waals surface area (Å²) in [5, 5.41) is 3.00. The standard InChI is InChI=1S/C11H18N2OS/c1-8(2)9-5-6-11(15(4,12)14)10(7-9)13-3/h5-8,12-13H,1-4H3. The highest BCUT2D eigenvalue weighted by Crippen LogP contribution is 2.26. The van der Waals surface area contributed by atoms with E-state index in [1.165, 1.54) is 11.8 Å². The lowest BCUT2D eigenvalue weighted by molar-refractivity contribution is 0.679. The largest absolute Gasteiger partial charge is 0.387 e. The molecule has 0 spiro atoms. The number of rotatable bonds is 3. The monoisotopic (exact) mass is 226 g/mol. The summed E-state index contributed by atoms with van der Waals surface area (Å²) >= 11 is 0. The molecule has 0 saturated heterocycles. The first-order valence-electron chi connectivity index (χ1n) is 4.91. The van der Waals surface area contributed by atoms with Gasteiger partial charge in [-0.2, -0.15) is 0 Å². The van der Waals surface area contributed by atoms with Gasteiger partial charge in [0.2, 0.25) is 0 Å². The van der Waals surface area contributed by atoms with Crippen molar-refractivity contribution in [2.24, 2.45) is 0 Å². The lowest BCUT2D eigenvalue weighted by atomic mass is 10.0. The normalized spacial score (nSPS) is 15.0. The van der Waals surface area contributed by atoms with E-state index >= 15 is 0 Å². The molecule has 84 valence electrons. The molecule has 0 aliphatic heterocycles. The molecule has 0 saturated carbocycles. The van der Waals surface area contributed by atoms with Crippen LogP contribution in [0.1, 0.15) is 25.3 Å². The maximum absolute atomic E-state index is 11.7. The number of hydrogen-bond donors (Lipinski definition) is 2. The molecule has 0 amide bonds. The molecule has 2 N–H and O–H groups in total. The van der Waals surface area contributed by atoms with E-state index in [1.54, 1.807) is 13.1 Å². The molecule has 3 nitrogen and oxygen atoms in total. The Kier molecular flexibility index (Phi) is 3.39. The zero-order valence-corrected chi connectivity index (χ0v) is 10.4. The quantitative estimate of drug-likeness (QED) is 0.832. The van der Waals surface area contributed by atoms with Gasteiger partial charge in [0.1, 0.15) is 0 Å². The van der Waals surface area contributed by atoms with Crippen LogP contribution in [0.3, 0.4) is 0 Å². The summed E-state index contributed by atoms with van der Waals surface area (Å²) in [5.74, 6) is 0.435. The predicted octanol–water partition coefficient (Wildman–Crippen LogP) is 2.89. The minimum absolute atomic E-state index is 0.435. The topological polar surface area (TPSA) is 53.0 Å². The highest BCUT2D eigenvalue weighted by Gasteiger charge is 2.10. The van der Waals surface area contributed by atoms with Crippen molar-refractivity contribution < 1.29 is 4.21 Å². The SMILES string of the molecule is CNc1cc(C(C)C)ccc1S(C)(=N)=O. The first kappa shape index (κ1) is 12.0. The van der Waals surface area contributed by atoms with Crippen molar-refractivity contribution in [2.75, 3.05) is 18.6 Å². The Labute approximate surface area is 91.9 Å². The Morgan fingerprint density at radius 2 is 2.00 bits per heavy atom. The van der Waals surface area contributed by atoms with Gasteiger partial charge in [-0.1, -0.05) is 19.9 Å². The Morgan fingerprint density at radius 1 is 1.40 bits per heavy atom. The summed E-state index contributed by atoms with van der Waals surface area (Å²) in [4.78, 5) is 0.578. The van der Waals surface area contributed by atoms with Crippen LogP contribution >= 0.6 is 0 Å². The van der Waals surface area contributed by atoms with Gasteiger partial charge in [0.25, 0.3) is 0 Å². The van der Waals surface area contributed by atoms with Gasteiger partial charge in [-0.3, -0.25) is 0 Å². The minimum Gasteiger partial charge on any atom is -0.387 e. The molecular weight excluding hydrogens is 208 g/mol. The molecule has 15 heavy (non-hydrogen) atoms. The van der Waals surface area contributed by atoms with Crippen molar-refractivity contribution in [3.05, 3.63) is 23.8 Å². The molecule has 1 aromatic rings. The van der Waals surface area contributed by atoms with Crippen molar-refractivity contribution in [2.45, 2.75) is 24.7 Å². The molecule has 0 aromatic heterocycles. The van der Waals surface area contributed by atoms with Crippen molar-refractivity contribution in [1.29, 1.82) is 4.78 Å². The molecule has 1 rings (SSSR count). The fourth-order valence-corrected chi connectivity index (χ4v) is 2.35. The maximum atomic E-state index is 11.7. The van der Waals surface area contributed by atoms with Gasteiger partial charge in [-0.05, 0) is 23.6 Å². The molecule has 1 atom stereocenters. The van der Waals surface area contributed by atoms with Crippen LogP contribution in [0.25, 0.3) is 0 Å². The highest BCUT2D eigenvalue weighted by molar-refractivity contribution is 7.91. The fourth-order valence-electron chi connectivity index (χ4n) is 1.44. The second-order valence-electron chi connectivity index (χ2n) is 4.00. The summed E-state index contributed by atoms with van der Waals surface area (Å²) in [6.45, 7) is 4.22. The third kappa shape index (κ3) is 2.72. The van der Waals surface area contributed by atoms with Gasteiger partial charge >= 0.3 is 0 Å². The first-order chi connectivity index (χ1) is 6.86. The van der Waals surface area contributed by atoms with Gasteiger partial charge < -0.3 is 5.32 Å². The van der Waals surface area contributed by atoms with Gasteiger partial charge in [0, 0.05) is 13.3 Å². The summed E-state index contributed by atoms with van der Waals surface area (Å²) in [6, 6.07) is 5.70. The highest BCUT2D eigenvalue weighted by atomic mass is 32.2. The minimum atomic E-state index is -2.65. The maximum Gasteiger partial charge on any atom is 0.0717 e. The van der Waals surface area contributed by atoms with Crippen LogP contribution in [0, 0.1) is 4.78 Å². The molecule has 0 fully saturated rings. The molecule has 0 radical (unpaired) electrons. The van der Waals surface area contributed by atoms with Crippen LogP contribution in [0.15, 0.2) is 23.1 Å². The summed E-state index contributed by atoms with van der Waals surface area (Å²) in [6.07, 6.45) is 1.44. The molecule has 0 aliphatic carbocycles. The van der Waals surface area contributed by atoms with E-state index in [2.05, 4.69) is 19.2 Å². The summed E-state index contributed by atoms with van der Waals surface area (Å²) in [5.41, 5.74) is 1.98. The van der Waals surface area contributed by atoms with E-state index in [9.17, 15) is 4.21 Å². The number of benzene rings is 1. The molecule has 4 heteroatoms. The predicted molar refractivity (Wildman–Crippen MR) is 65.1 cm³/mol.